The maximum Gasteiger partial charge on any atom is 0.416 e. The van der Waals surface area contributed by atoms with Crippen molar-refractivity contribution in [3.05, 3.63) is 65.5 Å². The zero-order valence-electron chi connectivity index (χ0n) is 17.3. The summed E-state index contributed by atoms with van der Waals surface area (Å²) < 4.78 is 43.8. The number of hydrogen-bond acceptors (Lipinski definition) is 4. The highest BCUT2D eigenvalue weighted by molar-refractivity contribution is 5.96. The molecule has 7 nitrogen and oxygen atoms in total. The molecule has 0 aliphatic carbocycles. The molecule has 10 heteroatoms. The first-order valence-corrected chi connectivity index (χ1v) is 9.62. The highest BCUT2D eigenvalue weighted by Crippen LogP contribution is 2.34. The van der Waals surface area contributed by atoms with Gasteiger partial charge in [-0.05, 0) is 47.7 Å². The first-order chi connectivity index (χ1) is 15.2. The molecule has 0 atom stereocenters. The predicted molar refractivity (Wildman–Crippen MR) is 114 cm³/mol. The fourth-order valence-corrected chi connectivity index (χ4v) is 3.07. The molecule has 1 heterocycles. The van der Waals surface area contributed by atoms with Crippen molar-refractivity contribution < 1.29 is 27.5 Å². The fourth-order valence-electron chi connectivity index (χ4n) is 3.07. The number of amides is 3. The van der Waals surface area contributed by atoms with Crippen LogP contribution in [0.2, 0.25) is 0 Å². The van der Waals surface area contributed by atoms with Crippen molar-refractivity contribution in [2.75, 3.05) is 26.0 Å². The van der Waals surface area contributed by atoms with Crippen molar-refractivity contribution in [2.45, 2.75) is 12.6 Å². The largest absolute Gasteiger partial charge is 0.495 e. The summed E-state index contributed by atoms with van der Waals surface area (Å²) in [6.07, 6.45) is -2.45. The Morgan fingerprint density at radius 2 is 1.84 bits per heavy atom. The highest BCUT2D eigenvalue weighted by Gasteiger charge is 2.31. The number of benzene rings is 2. The summed E-state index contributed by atoms with van der Waals surface area (Å²) in [5.74, 6) is -0.158. The Balaban J connectivity index is 1.61. The van der Waals surface area contributed by atoms with E-state index in [-0.39, 0.29) is 23.9 Å². The zero-order valence-corrected chi connectivity index (χ0v) is 17.3. The lowest BCUT2D eigenvalue weighted by Crippen LogP contribution is -2.30. The van der Waals surface area contributed by atoms with Gasteiger partial charge < -0.3 is 20.7 Å². The van der Waals surface area contributed by atoms with Crippen LogP contribution in [0.1, 0.15) is 21.6 Å². The maximum absolute atomic E-state index is 12.9. The normalized spacial score (nSPS) is 11.2. The van der Waals surface area contributed by atoms with E-state index in [0.29, 0.717) is 12.1 Å². The number of alkyl halides is 3. The summed E-state index contributed by atoms with van der Waals surface area (Å²) in [6.45, 7) is 0.252. The van der Waals surface area contributed by atoms with Crippen molar-refractivity contribution in [3.63, 3.8) is 0 Å². The average Bonchev–Trinajstić information content (AvgIpc) is 2.77. The Morgan fingerprint density at radius 3 is 2.53 bits per heavy atom. The number of rotatable bonds is 6. The number of carbonyl (C=O) groups is 2. The Morgan fingerprint density at radius 1 is 1.06 bits per heavy atom. The molecule has 3 N–H and O–H groups in total. The third-order valence-electron chi connectivity index (χ3n) is 4.72. The summed E-state index contributed by atoms with van der Waals surface area (Å²) >= 11 is 0. The number of carbonyl (C=O) groups excluding carboxylic acids is 2. The predicted octanol–water partition coefficient (Wildman–Crippen LogP) is 3.99. The minimum absolute atomic E-state index is 0.0801. The van der Waals surface area contributed by atoms with Crippen molar-refractivity contribution in [3.8, 4) is 5.75 Å². The summed E-state index contributed by atoms with van der Waals surface area (Å²) in [4.78, 5) is 28.0. The van der Waals surface area contributed by atoms with Crippen molar-refractivity contribution >= 4 is 28.4 Å². The molecule has 0 aliphatic heterocycles. The lowest BCUT2D eigenvalue weighted by Gasteiger charge is -2.14. The van der Waals surface area contributed by atoms with E-state index >= 15 is 0 Å². The van der Waals surface area contributed by atoms with Crippen LogP contribution in [0, 0.1) is 0 Å². The first kappa shape index (κ1) is 22.9. The maximum atomic E-state index is 12.9. The van der Waals surface area contributed by atoms with Gasteiger partial charge in [-0.3, -0.25) is 9.78 Å². The minimum Gasteiger partial charge on any atom is -0.495 e. The van der Waals surface area contributed by atoms with Gasteiger partial charge in [0.2, 0.25) is 0 Å². The second kappa shape index (κ2) is 9.54. The molecule has 0 saturated carbocycles. The lowest BCUT2D eigenvalue weighted by atomic mass is 10.1. The van der Waals surface area contributed by atoms with Crippen LogP contribution in [0.3, 0.4) is 0 Å². The molecule has 32 heavy (non-hydrogen) atoms. The number of fused-ring (bicyclic) bond motifs is 1. The van der Waals surface area contributed by atoms with Gasteiger partial charge in [0.15, 0.2) is 0 Å². The van der Waals surface area contributed by atoms with E-state index in [4.69, 9.17) is 4.74 Å². The van der Waals surface area contributed by atoms with Gasteiger partial charge in [0, 0.05) is 25.2 Å². The van der Waals surface area contributed by atoms with Crippen molar-refractivity contribution in [1.29, 1.82) is 0 Å². The molecule has 0 spiro atoms. The standard InChI is InChI=1S/C22H21F3N4O3/c1-26-20(30)18-10-14-4-3-13(9-15(14)12-28-18)7-8-27-21(31)29-17-11-16(22(23,24)25)5-6-19(17)32-2/h3-6,9-12H,7-8H2,1-2H3,(H,26,30)(H2,27,29,31). The first-order valence-electron chi connectivity index (χ1n) is 9.62. The molecule has 0 aliphatic rings. The van der Waals surface area contributed by atoms with Gasteiger partial charge in [0.25, 0.3) is 5.91 Å². The van der Waals surface area contributed by atoms with Gasteiger partial charge in [0.1, 0.15) is 11.4 Å². The van der Waals surface area contributed by atoms with E-state index in [9.17, 15) is 22.8 Å². The number of methoxy groups -OCH3 is 1. The Labute approximate surface area is 182 Å². The SMILES string of the molecule is CNC(=O)c1cc2ccc(CCNC(=O)Nc3cc(C(F)(F)F)ccc3OC)cc2cn1. The number of nitrogens with zero attached hydrogens (tertiary/aromatic N) is 1. The van der Waals surface area contributed by atoms with Gasteiger partial charge in [-0.25, -0.2) is 4.79 Å². The number of anilines is 1. The number of halogens is 3. The summed E-state index contributed by atoms with van der Waals surface area (Å²) in [5.41, 5.74) is 0.265. The van der Waals surface area contributed by atoms with E-state index in [1.807, 2.05) is 18.2 Å². The third kappa shape index (κ3) is 5.45. The molecule has 0 unspecified atom stereocenters. The number of urea groups is 1. The molecule has 0 bridgehead atoms. The summed E-state index contributed by atoms with van der Waals surface area (Å²) in [7, 11) is 2.83. The summed E-state index contributed by atoms with van der Waals surface area (Å²) in [6, 6.07) is 9.50. The molecule has 168 valence electrons. The molecule has 3 amide bonds. The second-order valence-corrected chi connectivity index (χ2v) is 6.87. The van der Waals surface area contributed by atoms with Crippen LogP contribution >= 0.6 is 0 Å². The molecular formula is C22H21F3N4O3. The van der Waals surface area contributed by atoms with Crippen LogP contribution in [0.4, 0.5) is 23.7 Å². The van der Waals surface area contributed by atoms with Crippen LogP contribution in [-0.2, 0) is 12.6 Å². The highest BCUT2D eigenvalue weighted by atomic mass is 19.4. The van der Waals surface area contributed by atoms with Crippen molar-refractivity contribution in [1.82, 2.24) is 15.6 Å². The minimum atomic E-state index is -4.54. The molecule has 1 aromatic heterocycles. The van der Waals surface area contributed by atoms with Gasteiger partial charge in [-0.2, -0.15) is 13.2 Å². The molecule has 0 saturated heterocycles. The fraction of sp³-hybridized carbons (Fsp3) is 0.227. The van der Waals surface area contributed by atoms with Crippen LogP contribution in [-0.4, -0.2) is 37.6 Å². The topological polar surface area (TPSA) is 92.4 Å². The molecule has 0 fully saturated rings. The van der Waals surface area contributed by atoms with Gasteiger partial charge in [-0.15, -0.1) is 0 Å². The smallest absolute Gasteiger partial charge is 0.416 e. The molecule has 2 aromatic carbocycles. The van der Waals surface area contributed by atoms with Gasteiger partial charge in [-0.1, -0.05) is 12.1 Å². The molecule has 3 rings (SSSR count). The monoisotopic (exact) mass is 446 g/mol. The van der Waals surface area contributed by atoms with E-state index in [1.165, 1.54) is 14.2 Å². The van der Waals surface area contributed by atoms with Gasteiger partial charge in [0.05, 0.1) is 18.4 Å². The van der Waals surface area contributed by atoms with E-state index < -0.39 is 17.8 Å². The third-order valence-corrected chi connectivity index (χ3v) is 4.72. The van der Waals surface area contributed by atoms with Crippen LogP contribution in [0.5, 0.6) is 5.75 Å². The molecular weight excluding hydrogens is 425 g/mol. The van der Waals surface area contributed by atoms with Crippen LogP contribution < -0.4 is 20.7 Å². The van der Waals surface area contributed by atoms with Crippen molar-refractivity contribution in [2.24, 2.45) is 0 Å². The average molecular weight is 446 g/mol. The number of nitrogens with one attached hydrogen (secondary N) is 3. The Bertz CT molecular complexity index is 1150. The molecule has 0 radical (unpaired) electrons. The van der Waals surface area contributed by atoms with Gasteiger partial charge >= 0.3 is 12.2 Å². The second-order valence-electron chi connectivity index (χ2n) is 6.87. The van der Waals surface area contributed by atoms with Crippen LogP contribution in [0.25, 0.3) is 10.8 Å². The summed E-state index contributed by atoms with van der Waals surface area (Å²) in [5, 5.41) is 9.21. The number of ether oxygens (including phenoxy) is 1. The number of pyridine rings is 1. The van der Waals surface area contributed by atoms with Crippen LogP contribution in [0.15, 0.2) is 48.7 Å². The lowest BCUT2D eigenvalue weighted by molar-refractivity contribution is -0.137. The van der Waals surface area contributed by atoms with E-state index in [1.54, 1.807) is 12.3 Å². The number of hydrogen-bond donors (Lipinski definition) is 3. The van der Waals surface area contributed by atoms with E-state index in [2.05, 4.69) is 20.9 Å². The Kier molecular flexibility index (Phi) is 6.82. The van der Waals surface area contributed by atoms with E-state index in [0.717, 1.165) is 34.5 Å². The zero-order chi connectivity index (χ0) is 23.3. The number of aromatic nitrogens is 1. The quantitative estimate of drug-likeness (QED) is 0.534. The molecule has 3 aromatic rings. The Hall–Kier alpha value is -3.82.